The summed E-state index contributed by atoms with van der Waals surface area (Å²) in [5.74, 6) is -0.00400. The monoisotopic (exact) mass is 286 g/mol. The Hall–Kier alpha value is -1.94. The number of carbonyl (C=O) groups excluding carboxylic acids is 1. The van der Waals surface area contributed by atoms with Gasteiger partial charge in [-0.3, -0.25) is 4.79 Å². The largest absolute Gasteiger partial charge is 0.399 e. The molecule has 1 atom stereocenters. The Kier molecular flexibility index (Phi) is 4.69. The van der Waals surface area contributed by atoms with Gasteiger partial charge in [-0.1, -0.05) is 18.2 Å². The Bertz CT molecular complexity index is 599. The summed E-state index contributed by atoms with van der Waals surface area (Å²) < 4.78 is 0. The van der Waals surface area contributed by atoms with E-state index >= 15 is 0 Å². The SMILES string of the molecule is Cc1cc(SC(C)C(=O)Nc2ccccc2)ccc1N. The topological polar surface area (TPSA) is 55.1 Å². The van der Waals surface area contributed by atoms with Crippen LogP contribution in [0.4, 0.5) is 11.4 Å². The van der Waals surface area contributed by atoms with E-state index in [1.807, 2.05) is 62.4 Å². The lowest BCUT2D eigenvalue weighted by Crippen LogP contribution is -2.22. The third kappa shape index (κ3) is 3.78. The first kappa shape index (κ1) is 14.5. The molecule has 0 aromatic heterocycles. The maximum atomic E-state index is 12.1. The van der Waals surface area contributed by atoms with E-state index in [-0.39, 0.29) is 11.2 Å². The molecule has 0 saturated carbocycles. The van der Waals surface area contributed by atoms with E-state index in [1.165, 1.54) is 11.8 Å². The standard InChI is InChI=1S/C16H18N2OS/c1-11-10-14(8-9-15(11)17)20-12(2)16(19)18-13-6-4-3-5-7-13/h3-10,12H,17H2,1-2H3,(H,18,19). The number of anilines is 2. The molecule has 0 aliphatic heterocycles. The van der Waals surface area contributed by atoms with Crippen LogP contribution in [0.25, 0.3) is 0 Å². The molecule has 104 valence electrons. The minimum Gasteiger partial charge on any atom is -0.399 e. The van der Waals surface area contributed by atoms with Gasteiger partial charge < -0.3 is 11.1 Å². The zero-order chi connectivity index (χ0) is 14.5. The summed E-state index contributed by atoms with van der Waals surface area (Å²) >= 11 is 1.53. The van der Waals surface area contributed by atoms with Crippen molar-refractivity contribution in [3.05, 3.63) is 54.1 Å². The quantitative estimate of drug-likeness (QED) is 0.665. The normalized spacial score (nSPS) is 11.9. The van der Waals surface area contributed by atoms with Gasteiger partial charge >= 0.3 is 0 Å². The molecule has 2 aromatic carbocycles. The van der Waals surface area contributed by atoms with Gasteiger partial charge in [-0.05, 0) is 49.7 Å². The third-order valence-corrected chi connectivity index (χ3v) is 4.06. The summed E-state index contributed by atoms with van der Waals surface area (Å²) in [7, 11) is 0. The number of carbonyl (C=O) groups is 1. The average molecular weight is 286 g/mol. The summed E-state index contributed by atoms with van der Waals surface area (Å²) in [6.45, 7) is 3.86. The molecular weight excluding hydrogens is 268 g/mol. The van der Waals surface area contributed by atoms with E-state index in [0.717, 1.165) is 21.8 Å². The molecule has 3 N–H and O–H groups in total. The van der Waals surface area contributed by atoms with E-state index < -0.39 is 0 Å². The zero-order valence-corrected chi connectivity index (χ0v) is 12.4. The Morgan fingerprint density at radius 1 is 1.20 bits per heavy atom. The number of benzene rings is 2. The van der Waals surface area contributed by atoms with Gasteiger partial charge in [-0.25, -0.2) is 0 Å². The lowest BCUT2D eigenvalue weighted by atomic mass is 10.2. The molecule has 0 heterocycles. The van der Waals surface area contributed by atoms with Crippen LogP contribution in [-0.4, -0.2) is 11.2 Å². The van der Waals surface area contributed by atoms with Crippen molar-refractivity contribution in [2.45, 2.75) is 24.0 Å². The number of nitrogens with two attached hydrogens (primary N) is 1. The summed E-state index contributed by atoms with van der Waals surface area (Å²) in [6.07, 6.45) is 0. The highest BCUT2D eigenvalue weighted by atomic mass is 32.2. The van der Waals surface area contributed by atoms with Gasteiger partial charge in [-0.2, -0.15) is 0 Å². The Balaban J connectivity index is 1.98. The number of hydrogen-bond acceptors (Lipinski definition) is 3. The molecule has 2 rings (SSSR count). The number of hydrogen-bond donors (Lipinski definition) is 2. The zero-order valence-electron chi connectivity index (χ0n) is 11.6. The number of rotatable bonds is 4. The van der Waals surface area contributed by atoms with Crippen molar-refractivity contribution < 1.29 is 4.79 Å². The van der Waals surface area contributed by atoms with Gasteiger partial charge in [0.2, 0.25) is 5.91 Å². The predicted molar refractivity (Wildman–Crippen MR) is 86.0 cm³/mol. The maximum Gasteiger partial charge on any atom is 0.237 e. The van der Waals surface area contributed by atoms with Crippen molar-refractivity contribution in [3.63, 3.8) is 0 Å². The number of aryl methyl sites for hydroxylation is 1. The van der Waals surface area contributed by atoms with Crippen molar-refractivity contribution in [1.82, 2.24) is 0 Å². The van der Waals surface area contributed by atoms with Crippen LogP contribution in [0.3, 0.4) is 0 Å². The molecular formula is C16H18N2OS. The van der Waals surface area contributed by atoms with Gasteiger partial charge in [-0.15, -0.1) is 11.8 Å². The van der Waals surface area contributed by atoms with Crippen LogP contribution in [0.5, 0.6) is 0 Å². The second-order valence-electron chi connectivity index (χ2n) is 4.63. The van der Waals surface area contributed by atoms with Crippen molar-refractivity contribution in [2.75, 3.05) is 11.1 Å². The maximum absolute atomic E-state index is 12.1. The van der Waals surface area contributed by atoms with Crippen LogP contribution in [0, 0.1) is 6.92 Å². The van der Waals surface area contributed by atoms with Crippen molar-refractivity contribution >= 4 is 29.0 Å². The number of para-hydroxylation sites is 1. The van der Waals surface area contributed by atoms with Gasteiger partial charge in [0.25, 0.3) is 0 Å². The van der Waals surface area contributed by atoms with Crippen LogP contribution in [0.15, 0.2) is 53.4 Å². The molecule has 1 unspecified atom stereocenters. The molecule has 1 amide bonds. The van der Waals surface area contributed by atoms with Gasteiger partial charge in [0.1, 0.15) is 0 Å². The second-order valence-corrected chi connectivity index (χ2v) is 6.05. The predicted octanol–water partition coefficient (Wildman–Crippen LogP) is 3.70. The molecule has 2 aromatic rings. The minimum absolute atomic E-state index is 0.00400. The van der Waals surface area contributed by atoms with Crippen molar-refractivity contribution in [1.29, 1.82) is 0 Å². The fraction of sp³-hybridized carbons (Fsp3) is 0.188. The smallest absolute Gasteiger partial charge is 0.237 e. The van der Waals surface area contributed by atoms with Crippen LogP contribution in [0.1, 0.15) is 12.5 Å². The Morgan fingerprint density at radius 3 is 2.55 bits per heavy atom. The summed E-state index contributed by atoms with van der Waals surface area (Å²) in [4.78, 5) is 13.2. The van der Waals surface area contributed by atoms with E-state index in [1.54, 1.807) is 0 Å². The van der Waals surface area contributed by atoms with Crippen LogP contribution < -0.4 is 11.1 Å². The van der Waals surface area contributed by atoms with Gasteiger partial charge in [0.15, 0.2) is 0 Å². The fourth-order valence-electron chi connectivity index (χ4n) is 1.74. The van der Waals surface area contributed by atoms with E-state index in [4.69, 9.17) is 5.73 Å². The van der Waals surface area contributed by atoms with Crippen LogP contribution >= 0.6 is 11.8 Å². The number of amides is 1. The first-order valence-corrected chi connectivity index (χ1v) is 7.33. The first-order valence-electron chi connectivity index (χ1n) is 6.45. The first-order chi connectivity index (χ1) is 9.56. The Morgan fingerprint density at radius 2 is 1.90 bits per heavy atom. The molecule has 0 bridgehead atoms. The van der Waals surface area contributed by atoms with Crippen LogP contribution in [-0.2, 0) is 4.79 Å². The Labute approximate surface area is 123 Å². The number of nitrogens with one attached hydrogen (secondary N) is 1. The van der Waals surface area contributed by atoms with Gasteiger partial charge in [0, 0.05) is 16.3 Å². The van der Waals surface area contributed by atoms with Gasteiger partial charge in [0.05, 0.1) is 5.25 Å². The molecule has 0 aliphatic carbocycles. The molecule has 4 heteroatoms. The van der Waals surface area contributed by atoms with E-state index in [2.05, 4.69) is 5.32 Å². The lowest BCUT2D eigenvalue weighted by molar-refractivity contribution is -0.115. The molecule has 3 nitrogen and oxygen atoms in total. The summed E-state index contributed by atoms with van der Waals surface area (Å²) in [6, 6.07) is 15.3. The summed E-state index contributed by atoms with van der Waals surface area (Å²) in [5, 5.41) is 2.74. The fourth-order valence-corrected chi connectivity index (χ4v) is 2.71. The number of nitrogen functional groups attached to an aromatic ring is 1. The van der Waals surface area contributed by atoms with Crippen molar-refractivity contribution in [2.24, 2.45) is 0 Å². The highest BCUT2D eigenvalue weighted by Gasteiger charge is 2.14. The lowest BCUT2D eigenvalue weighted by Gasteiger charge is -2.12. The molecule has 0 radical (unpaired) electrons. The van der Waals surface area contributed by atoms with Crippen LogP contribution in [0.2, 0.25) is 0 Å². The summed E-state index contributed by atoms with van der Waals surface area (Å²) in [5.41, 5.74) is 8.42. The highest BCUT2D eigenvalue weighted by molar-refractivity contribution is 8.00. The molecule has 0 fully saturated rings. The molecule has 0 saturated heterocycles. The average Bonchev–Trinajstić information content (AvgIpc) is 2.44. The number of thioether (sulfide) groups is 1. The van der Waals surface area contributed by atoms with E-state index in [9.17, 15) is 4.79 Å². The van der Waals surface area contributed by atoms with Crippen molar-refractivity contribution in [3.8, 4) is 0 Å². The molecule has 0 spiro atoms. The minimum atomic E-state index is -0.168. The van der Waals surface area contributed by atoms with E-state index in [0.29, 0.717) is 0 Å². The molecule has 20 heavy (non-hydrogen) atoms. The molecule has 0 aliphatic rings. The third-order valence-electron chi connectivity index (χ3n) is 2.96. The second kappa shape index (κ2) is 6.48. The highest BCUT2D eigenvalue weighted by Crippen LogP contribution is 2.26.